The Balaban J connectivity index is 3.66. The minimum absolute atomic E-state index is 0.279. The minimum atomic E-state index is -1.08. The molecule has 0 heterocycles. The highest BCUT2D eigenvalue weighted by atomic mass is 31.1. The number of nitriles is 1. The van der Waals surface area contributed by atoms with E-state index < -0.39 is 5.34 Å². The van der Waals surface area contributed by atoms with E-state index in [1.165, 1.54) is 6.92 Å². The molecular formula is C4H8NOP. The van der Waals surface area contributed by atoms with E-state index in [0.717, 1.165) is 0 Å². The van der Waals surface area contributed by atoms with Crippen LogP contribution in [0.4, 0.5) is 0 Å². The molecule has 7 heavy (non-hydrogen) atoms. The molecule has 0 spiro atoms. The SMILES string of the molecule is CPC(C)(O)C#N. The van der Waals surface area contributed by atoms with Crippen molar-refractivity contribution in [2.45, 2.75) is 12.3 Å². The molecule has 0 saturated heterocycles. The van der Waals surface area contributed by atoms with Gasteiger partial charge >= 0.3 is 0 Å². The molecule has 0 fully saturated rings. The zero-order chi connectivity index (χ0) is 5.91. The monoisotopic (exact) mass is 117 g/mol. The molecule has 0 radical (unpaired) electrons. The lowest BCUT2D eigenvalue weighted by Crippen LogP contribution is -2.11. The topological polar surface area (TPSA) is 44.0 Å². The molecule has 0 aromatic carbocycles. The van der Waals surface area contributed by atoms with Crippen LogP contribution in [0.5, 0.6) is 0 Å². The first-order valence-electron chi connectivity index (χ1n) is 1.95. The normalized spacial score (nSPS) is 19.1. The fraction of sp³-hybridized carbons (Fsp3) is 0.750. The van der Waals surface area contributed by atoms with Gasteiger partial charge in [-0.2, -0.15) is 5.26 Å². The van der Waals surface area contributed by atoms with Crippen LogP contribution in [-0.4, -0.2) is 17.1 Å². The van der Waals surface area contributed by atoms with Crippen molar-refractivity contribution in [2.75, 3.05) is 6.66 Å². The van der Waals surface area contributed by atoms with Crippen molar-refractivity contribution in [1.82, 2.24) is 0 Å². The highest BCUT2D eigenvalue weighted by molar-refractivity contribution is 7.39. The van der Waals surface area contributed by atoms with Gasteiger partial charge in [-0.15, -0.1) is 0 Å². The van der Waals surface area contributed by atoms with Crippen LogP contribution in [0.3, 0.4) is 0 Å². The molecule has 1 N–H and O–H groups in total. The number of nitrogens with zero attached hydrogens (tertiary/aromatic N) is 1. The molecule has 0 saturated carbocycles. The Hall–Kier alpha value is -0.120. The molecule has 2 atom stereocenters. The summed E-state index contributed by atoms with van der Waals surface area (Å²) in [6, 6.07) is 1.76. The summed E-state index contributed by atoms with van der Waals surface area (Å²) in [5.74, 6) is 0. The number of rotatable bonds is 1. The van der Waals surface area contributed by atoms with Gasteiger partial charge < -0.3 is 5.11 Å². The summed E-state index contributed by atoms with van der Waals surface area (Å²) in [6.07, 6.45) is 0. The average molecular weight is 117 g/mol. The van der Waals surface area contributed by atoms with Crippen LogP contribution in [0.1, 0.15) is 6.92 Å². The molecule has 0 aliphatic carbocycles. The van der Waals surface area contributed by atoms with Crippen LogP contribution in [0.2, 0.25) is 0 Å². The van der Waals surface area contributed by atoms with E-state index in [1.807, 2.05) is 0 Å². The van der Waals surface area contributed by atoms with E-state index in [4.69, 9.17) is 10.4 Å². The Morgan fingerprint density at radius 1 is 1.86 bits per heavy atom. The largest absolute Gasteiger partial charge is 0.372 e. The van der Waals surface area contributed by atoms with Crippen LogP contribution < -0.4 is 0 Å². The van der Waals surface area contributed by atoms with Gasteiger partial charge in [-0.3, -0.25) is 0 Å². The van der Waals surface area contributed by atoms with E-state index in [-0.39, 0.29) is 8.58 Å². The molecule has 3 heteroatoms. The number of aliphatic hydroxyl groups is 1. The molecule has 40 valence electrons. The predicted molar refractivity (Wildman–Crippen MR) is 30.5 cm³/mol. The van der Waals surface area contributed by atoms with Gasteiger partial charge in [0.1, 0.15) is 6.07 Å². The molecule has 0 aliphatic heterocycles. The van der Waals surface area contributed by atoms with Crippen molar-refractivity contribution in [3.8, 4) is 6.07 Å². The van der Waals surface area contributed by atoms with Crippen molar-refractivity contribution >= 4 is 8.58 Å². The Morgan fingerprint density at radius 2 is 2.29 bits per heavy atom. The van der Waals surface area contributed by atoms with Crippen molar-refractivity contribution < 1.29 is 5.11 Å². The maximum Gasteiger partial charge on any atom is 0.163 e. The Labute approximate surface area is 44.9 Å². The van der Waals surface area contributed by atoms with Crippen LogP contribution in [0.15, 0.2) is 0 Å². The zero-order valence-corrected chi connectivity index (χ0v) is 5.39. The maximum absolute atomic E-state index is 8.78. The van der Waals surface area contributed by atoms with Crippen molar-refractivity contribution in [1.29, 1.82) is 5.26 Å². The van der Waals surface area contributed by atoms with Crippen molar-refractivity contribution in [3.63, 3.8) is 0 Å². The maximum atomic E-state index is 8.78. The first-order valence-corrected chi connectivity index (χ1v) is 3.45. The lowest BCUT2D eigenvalue weighted by molar-refractivity contribution is 0.213. The first kappa shape index (κ1) is 6.88. The molecule has 0 rings (SSSR count). The van der Waals surface area contributed by atoms with Crippen molar-refractivity contribution in [2.24, 2.45) is 0 Å². The predicted octanol–water partition coefficient (Wildman–Crippen LogP) is 0.527. The second kappa shape index (κ2) is 2.26. The second-order valence-electron chi connectivity index (χ2n) is 1.43. The molecule has 2 unspecified atom stereocenters. The highest BCUT2D eigenvalue weighted by Gasteiger charge is 2.13. The summed E-state index contributed by atoms with van der Waals surface area (Å²) in [7, 11) is 0.279. The molecule has 2 nitrogen and oxygen atoms in total. The fourth-order valence-electron chi connectivity index (χ4n) is 0.0559. The summed E-state index contributed by atoms with van der Waals surface area (Å²) >= 11 is 0. The minimum Gasteiger partial charge on any atom is -0.372 e. The van der Waals surface area contributed by atoms with Gasteiger partial charge in [0, 0.05) is 0 Å². The van der Waals surface area contributed by atoms with Gasteiger partial charge in [-0.1, -0.05) is 8.58 Å². The van der Waals surface area contributed by atoms with Gasteiger partial charge in [0.25, 0.3) is 0 Å². The lowest BCUT2D eigenvalue weighted by Gasteiger charge is -2.07. The second-order valence-corrected chi connectivity index (χ2v) is 2.91. The van der Waals surface area contributed by atoms with E-state index in [0.29, 0.717) is 0 Å². The van der Waals surface area contributed by atoms with Gasteiger partial charge in [0.05, 0.1) is 0 Å². The Bertz CT molecular complexity index is 94.4. The summed E-state index contributed by atoms with van der Waals surface area (Å²) in [4.78, 5) is 0. The summed E-state index contributed by atoms with van der Waals surface area (Å²) in [5.41, 5.74) is 0. The van der Waals surface area contributed by atoms with E-state index in [2.05, 4.69) is 0 Å². The van der Waals surface area contributed by atoms with Crippen LogP contribution in [0.25, 0.3) is 0 Å². The Morgan fingerprint density at radius 3 is 2.29 bits per heavy atom. The molecule has 0 bridgehead atoms. The molecule has 0 aromatic rings. The quantitative estimate of drug-likeness (QED) is 0.402. The van der Waals surface area contributed by atoms with E-state index >= 15 is 0 Å². The van der Waals surface area contributed by atoms with Crippen LogP contribution in [-0.2, 0) is 0 Å². The number of hydrogen-bond donors (Lipinski definition) is 1. The van der Waals surface area contributed by atoms with Crippen LogP contribution in [0, 0.1) is 11.3 Å². The van der Waals surface area contributed by atoms with Gasteiger partial charge in [0.15, 0.2) is 5.34 Å². The summed E-state index contributed by atoms with van der Waals surface area (Å²) < 4.78 is 0. The molecule has 0 aromatic heterocycles. The smallest absolute Gasteiger partial charge is 0.163 e. The van der Waals surface area contributed by atoms with Crippen LogP contribution >= 0.6 is 8.58 Å². The van der Waals surface area contributed by atoms with Crippen molar-refractivity contribution in [3.05, 3.63) is 0 Å². The van der Waals surface area contributed by atoms with E-state index in [9.17, 15) is 0 Å². The Kier molecular flexibility index (Phi) is 2.22. The summed E-state index contributed by atoms with van der Waals surface area (Å²) in [6.45, 7) is 3.30. The third-order valence-electron chi connectivity index (χ3n) is 0.705. The molecule has 0 aliphatic rings. The lowest BCUT2D eigenvalue weighted by atomic mass is 10.5. The third kappa shape index (κ3) is 2.56. The molecular weight excluding hydrogens is 109 g/mol. The first-order chi connectivity index (χ1) is 3.12. The zero-order valence-electron chi connectivity index (χ0n) is 4.39. The number of hydrogen-bond acceptors (Lipinski definition) is 2. The molecule has 0 amide bonds. The van der Waals surface area contributed by atoms with Gasteiger partial charge in [-0.25, -0.2) is 0 Å². The van der Waals surface area contributed by atoms with E-state index in [1.54, 1.807) is 12.7 Å². The average Bonchev–Trinajstić information content (AvgIpc) is 1.68. The fourth-order valence-corrected chi connectivity index (χ4v) is 0.168. The summed E-state index contributed by atoms with van der Waals surface area (Å²) in [5, 5.41) is 15.8. The van der Waals surface area contributed by atoms with Gasteiger partial charge in [0.2, 0.25) is 0 Å². The van der Waals surface area contributed by atoms with Gasteiger partial charge in [-0.05, 0) is 13.6 Å². The highest BCUT2D eigenvalue weighted by Crippen LogP contribution is 2.22. The standard InChI is InChI=1S/C4H8NOP/c1-4(6,3-5)7-2/h6-7H,1-2H3. The third-order valence-corrected chi connectivity index (χ3v) is 1.79.